The van der Waals surface area contributed by atoms with E-state index in [9.17, 15) is 0 Å². The zero-order valence-corrected chi connectivity index (χ0v) is 30.3. The average molecular weight is 658 g/mol. The smallest absolute Gasteiger partial charge is 0.290 e. The molecule has 4 aromatic rings. The number of hydrogen-bond acceptors (Lipinski definition) is 0. The van der Waals surface area contributed by atoms with Crippen LogP contribution in [0.1, 0.15) is 91.7 Å². The summed E-state index contributed by atoms with van der Waals surface area (Å²) in [7, 11) is -0.0729. The van der Waals surface area contributed by atoms with Crippen molar-refractivity contribution in [1.29, 1.82) is 0 Å². The van der Waals surface area contributed by atoms with Gasteiger partial charge in [0.2, 0.25) is 0 Å². The molecule has 0 aliphatic heterocycles. The molecular weight excluding hydrogens is 606 g/mol. The summed E-state index contributed by atoms with van der Waals surface area (Å²) in [5.41, 5.74) is 10.5. The molecule has 4 aromatic carbocycles. The average Bonchev–Trinajstić information content (AvgIpc) is 3.66. The quantitative estimate of drug-likeness (QED) is 0.0954. The van der Waals surface area contributed by atoms with Crippen molar-refractivity contribution in [3.05, 3.63) is 108 Å². The molecule has 0 saturated heterocycles. The fraction of sp³-hybridized carbons (Fsp3) is 0.444. The van der Waals surface area contributed by atoms with E-state index in [1.165, 1.54) is 11.1 Å². The van der Waals surface area contributed by atoms with Gasteiger partial charge in [0.25, 0.3) is 0 Å². The van der Waals surface area contributed by atoms with Crippen LogP contribution in [-0.2, 0) is 34.1 Å². The molecule has 4 rings (SSSR count). The van der Waals surface area contributed by atoms with Gasteiger partial charge in [0.05, 0.1) is 0 Å². The van der Waals surface area contributed by atoms with E-state index >= 15 is 0 Å². The largest absolute Gasteiger partial charge is 2.00 e. The van der Waals surface area contributed by atoms with Crippen molar-refractivity contribution in [2.45, 2.75) is 103 Å². The van der Waals surface area contributed by atoms with E-state index in [2.05, 4.69) is 106 Å². The molecule has 0 saturated carbocycles. The molecule has 0 heterocycles. The van der Waals surface area contributed by atoms with Gasteiger partial charge in [-0.1, -0.05) is 95.0 Å². The van der Waals surface area contributed by atoms with Crippen molar-refractivity contribution in [1.82, 2.24) is 0 Å². The second kappa shape index (κ2) is 20.2. The van der Waals surface area contributed by atoms with Crippen LogP contribution >= 0.6 is 15.8 Å². The van der Waals surface area contributed by atoms with Crippen LogP contribution in [0.2, 0.25) is 0 Å². The Bertz CT molecular complexity index is 945. The van der Waals surface area contributed by atoms with E-state index in [4.69, 9.17) is 0 Å². The van der Waals surface area contributed by atoms with E-state index in [1.54, 1.807) is 11.1 Å². The maximum absolute atomic E-state index is 2.48. The SMILES string of the molecule is CC(C)P(C(C)C)C(C)c1cc[cH-]c1-[c-]1cccc1C(C)P(C(C)C)C(C)C.[Fe+2].[Fe+2].c1cc[cH-]c1.c1cc[cH-]c1. The van der Waals surface area contributed by atoms with Gasteiger partial charge < -0.3 is 0 Å². The van der Waals surface area contributed by atoms with Crippen LogP contribution in [0.25, 0.3) is 11.1 Å². The second-order valence-electron chi connectivity index (χ2n) is 11.3. The first-order chi connectivity index (χ1) is 18.1. The molecule has 0 fully saturated rings. The van der Waals surface area contributed by atoms with E-state index in [0.717, 1.165) is 22.6 Å². The summed E-state index contributed by atoms with van der Waals surface area (Å²) in [5, 5.41) is 0. The van der Waals surface area contributed by atoms with E-state index in [-0.39, 0.29) is 50.0 Å². The van der Waals surface area contributed by atoms with Crippen molar-refractivity contribution < 1.29 is 34.1 Å². The predicted octanol–water partition coefficient (Wildman–Crippen LogP) is 12.3. The van der Waals surface area contributed by atoms with Crippen LogP contribution in [0.3, 0.4) is 0 Å². The van der Waals surface area contributed by atoms with Crippen LogP contribution in [0.4, 0.5) is 0 Å². The number of rotatable bonds is 9. The first-order valence-electron chi connectivity index (χ1n) is 14.5. The Hall–Kier alpha value is -0.701. The Morgan fingerprint density at radius 3 is 1.35 bits per heavy atom. The fourth-order valence-corrected chi connectivity index (χ4v) is 13.1. The standard InChI is InChI=1S/C26H42P2.2C5H5.2Fe/c1-17(2)27(18(3)4)21(9)23-13-11-15-25(23)26-16-12-14-24(26)22(10)28(19(5)6)20(7)8;2*1-2-4-5-3-1;;/h11-22H,1-10H3;2*1-5H;;/q-2;2*-1;2*+2. The molecule has 0 aromatic heterocycles. The van der Waals surface area contributed by atoms with Gasteiger partial charge in [0, 0.05) is 0 Å². The first kappa shape index (κ1) is 39.3. The van der Waals surface area contributed by atoms with Gasteiger partial charge in [-0.3, -0.25) is 17.2 Å². The zero-order chi connectivity index (χ0) is 28.2. The van der Waals surface area contributed by atoms with Crippen molar-refractivity contribution in [2.75, 3.05) is 0 Å². The summed E-state index contributed by atoms with van der Waals surface area (Å²) in [6, 6.07) is 34.1. The summed E-state index contributed by atoms with van der Waals surface area (Å²) in [4.78, 5) is 0. The van der Waals surface area contributed by atoms with Gasteiger partial charge in [-0.25, -0.2) is 36.4 Å². The fourth-order valence-electron chi connectivity index (χ4n) is 6.03. The van der Waals surface area contributed by atoms with Crippen molar-refractivity contribution >= 4 is 15.8 Å². The zero-order valence-electron chi connectivity index (χ0n) is 26.3. The Balaban J connectivity index is 0.00000105. The molecule has 0 aliphatic carbocycles. The molecule has 40 heavy (non-hydrogen) atoms. The summed E-state index contributed by atoms with van der Waals surface area (Å²) in [6.07, 6.45) is 0. The van der Waals surface area contributed by atoms with E-state index < -0.39 is 0 Å². The molecule has 0 N–H and O–H groups in total. The van der Waals surface area contributed by atoms with Gasteiger partial charge in [0.1, 0.15) is 0 Å². The van der Waals surface area contributed by atoms with Crippen molar-refractivity contribution in [3.63, 3.8) is 0 Å². The third kappa shape index (κ3) is 11.5. The van der Waals surface area contributed by atoms with Gasteiger partial charge in [-0.15, -0.1) is 19.6 Å². The summed E-state index contributed by atoms with van der Waals surface area (Å²) >= 11 is 0. The summed E-state index contributed by atoms with van der Waals surface area (Å²) in [6.45, 7) is 24.3. The van der Waals surface area contributed by atoms with Crippen LogP contribution in [-0.4, -0.2) is 22.6 Å². The molecular formula is C36H52Fe2P2. The third-order valence-corrected chi connectivity index (χ3v) is 14.4. The molecule has 2 atom stereocenters. The maximum Gasteiger partial charge on any atom is 2.00 e. The molecule has 0 aliphatic rings. The molecule has 0 spiro atoms. The molecule has 2 unspecified atom stereocenters. The van der Waals surface area contributed by atoms with Gasteiger partial charge in [-0.05, 0) is 28.3 Å². The first-order valence-corrected chi connectivity index (χ1v) is 17.6. The summed E-state index contributed by atoms with van der Waals surface area (Å²) in [5.74, 6) is 0. The van der Waals surface area contributed by atoms with Crippen LogP contribution in [0.5, 0.6) is 0 Å². The van der Waals surface area contributed by atoms with Crippen molar-refractivity contribution in [2.24, 2.45) is 0 Å². The minimum atomic E-state index is -0.0365. The molecule has 0 amide bonds. The molecule has 222 valence electrons. The predicted molar refractivity (Wildman–Crippen MR) is 178 cm³/mol. The van der Waals surface area contributed by atoms with Gasteiger partial charge in [-0.2, -0.15) is 42.0 Å². The molecule has 4 heteroatoms. The minimum absolute atomic E-state index is 0. The monoisotopic (exact) mass is 658 g/mol. The van der Waals surface area contributed by atoms with Crippen LogP contribution < -0.4 is 0 Å². The minimum Gasteiger partial charge on any atom is -0.290 e. The Labute approximate surface area is 271 Å². The van der Waals surface area contributed by atoms with Crippen LogP contribution in [0.15, 0.2) is 97.1 Å². The van der Waals surface area contributed by atoms with E-state index in [1.807, 2.05) is 60.7 Å². The normalized spacial score (nSPS) is 12.5. The molecule has 0 bridgehead atoms. The Morgan fingerprint density at radius 1 is 0.550 bits per heavy atom. The maximum atomic E-state index is 2.48. The number of hydrogen-bond donors (Lipinski definition) is 0. The van der Waals surface area contributed by atoms with Crippen LogP contribution in [0, 0.1) is 0 Å². The van der Waals surface area contributed by atoms with Crippen molar-refractivity contribution in [3.8, 4) is 11.1 Å². The van der Waals surface area contributed by atoms with Gasteiger partial charge in [0.15, 0.2) is 0 Å². The van der Waals surface area contributed by atoms with E-state index in [0.29, 0.717) is 11.3 Å². The molecule has 0 nitrogen and oxygen atoms in total. The third-order valence-electron chi connectivity index (χ3n) is 7.28. The van der Waals surface area contributed by atoms with Gasteiger partial charge >= 0.3 is 34.1 Å². The Kier molecular flexibility index (Phi) is 19.9. The Morgan fingerprint density at radius 2 is 0.975 bits per heavy atom. The second-order valence-corrected chi connectivity index (χ2v) is 18.8. The summed E-state index contributed by atoms with van der Waals surface area (Å²) < 4.78 is 0. The molecule has 0 radical (unpaired) electrons. The topological polar surface area (TPSA) is 0 Å².